The molecule has 0 saturated carbocycles. The predicted molar refractivity (Wildman–Crippen MR) is 187 cm³/mol. The molecule has 12 heteroatoms. The van der Waals surface area contributed by atoms with E-state index in [1.807, 2.05) is 18.2 Å². The first-order valence-electron chi connectivity index (χ1n) is 18.0. The Labute approximate surface area is 291 Å². The molecule has 2 saturated heterocycles. The van der Waals surface area contributed by atoms with Gasteiger partial charge >= 0.3 is 0 Å². The maximum Gasteiger partial charge on any atom is 0.170 e. The fourth-order valence-electron chi connectivity index (χ4n) is 7.14. The molecule has 1 spiro atoms. The summed E-state index contributed by atoms with van der Waals surface area (Å²) in [5, 5.41) is 27.8. The second kappa shape index (κ2) is 20.0. The summed E-state index contributed by atoms with van der Waals surface area (Å²) in [5.41, 5.74) is 7.39. The summed E-state index contributed by atoms with van der Waals surface area (Å²) in [5.74, 6) is -0.415. The molecule has 5 atom stereocenters. The minimum absolute atomic E-state index is 0.0272. The van der Waals surface area contributed by atoms with Crippen LogP contribution in [0.5, 0.6) is 0 Å². The van der Waals surface area contributed by atoms with Crippen LogP contribution >= 0.6 is 0 Å². The van der Waals surface area contributed by atoms with Crippen LogP contribution in [-0.2, 0) is 34.9 Å². The van der Waals surface area contributed by atoms with E-state index in [1.54, 1.807) is 14.2 Å². The van der Waals surface area contributed by atoms with Crippen LogP contribution in [0.25, 0.3) is 0 Å². The number of hydrogen-bond donors (Lipinski definition) is 5. The Kier molecular flexibility index (Phi) is 15.5. The van der Waals surface area contributed by atoms with Gasteiger partial charge in [-0.15, -0.1) is 0 Å². The van der Waals surface area contributed by atoms with Crippen LogP contribution in [0.15, 0.2) is 48.5 Å². The number of benzene rings is 2. The fourth-order valence-corrected chi connectivity index (χ4v) is 7.14. The van der Waals surface area contributed by atoms with E-state index < -0.39 is 18.0 Å². The van der Waals surface area contributed by atoms with Crippen molar-refractivity contribution in [3.63, 3.8) is 0 Å². The average molecular weight is 687 g/mol. The van der Waals surface area contributed by atoms with E-state index in [-0.39, 0.29) is 31.5 Å². The molecule has 2 aliphatic heterocycles. The molecular formula is C37H58N4O8. The zero-order valence-electron chi connectivity index (χ0n) is 29.3. The SMILES string of the molecule is COCC(O)CN[C@@H]1CCC(OC(COC)CN2CCC3(CC2)OCCO3)c2c(NOCC(O)CNCCCc3ccccc3)cccc21. The summed E-state index contributed by atoms with van der Waals surface area (Å²) in [6.07, 6.45) is 3.72. The van der Waals surface area contributed by atoms with Crippen LogP contribution in [-0.4, -0.2) is 126 Å². The van der Waals surface area contributed by atoms with Crippen molar-refractivity contribution >= 4 is 5.69 Å². The van der Waals surface area contributed by atoms with Crippen LogP contribution in [0.3, 0.4) is 0 Å². The molecule has 12 nitrogen and oxygen atoms in total. The summed E-state index contributed by atoms with van der Waals surface area (Å²) >= 11 is 0. The molecule has 3 aliphatic rings. The van der Waals surface area contributed by atoms with Crippen molar-refractivity contribution in [1.82, 2.24) is 15.5 Å². The molecule has 49 heavy (non-hydrogen) atoms. The molecule has 4 unspecified atom stereocenters. The summed E-state index contributed by atoms with van der Waals surface area (Å²) in [7, 11) is 3.30. The standard InChI is InChI=1S/C37H58N4O8/c1-44-25-30(43)23-39-33-13-14-35(49-31(27-45-2)24-41-18-15-37(16-19-41)46-20-21-47-37)36-32(33)11-6-12-34(36)40-48-26-29(42)22-38-17-7-10-28-8-4-3-5-9-28/h3-6,8-9,11-12,29-31,33,35,38-40,42-43H,7,10,13-27H2,1-2H3/t29?,30?,31?,33-,35?/m1/s1. The number of aryl methyl sites for hydroxylation is 1. The highest BCUT2D eigenvalue weighted by Gasteiger charge is 2.40. The molecule has 2 aromatic carbocycles. The number of rotatable bonds is 21. The van der Waals surface area contributed by atoms with Gasteiger partial charge in [0.1, 0.15) is 6.61 Å². The van der Waals surface area contributed by atoms with E-state index in [4.69, 9.17) is 28.5 Å². The molecule has 2 aromatic rings. The highest BCUT2D eigenvalue weighted by molar-refractivity contribution is 5.56. The topological polar surface area (TPSA) is 135 Å². The minimum atomic E-state index is -0.665. The quantitative estimate of drug-likeness (QED) is 0.0977. The molecule has 5 rings (SSSR count). The number of nitrogens with one attached hydrogen (secondary N) is 3. The summed E-state index contributed by atoms with van der Waals surface area (Å²) < 4.78 is 29.5. The van der Waals surface area contributed by atoms with Gasteiger partial charge in [-0.25, -0.2) is 0 Å². The second-order valence-electron chi connectivity index (χ2n) is 13.4. The van der Waals surface area contributed by atoms with Gasteiger partial charge in [0.15, 0.2) is 5.79 Å². The molecule has 0 aromatic heterocycles. The third-order valence-corrected chi connectivity index (χ3v) is 9.62. The van der Waals surface area contributed by atoms with Gasteiger partial charge in [0, 0.05) is 71.4 Å². The van der Waals surface area contributed by atoms with Gasteiger partial charge in [0.05, 0.1) is 56.5 Å². The number of anilines is 1. The van der Waals surface area contributed by atoms with E-state index in [2.05, 4.69) is 51.3 Å². The second-order valence-corrected chi connectivity index (χ2v) is 13.4. The molecule has 2 heterocycles. The van der Waals surface area contributed by atoms with Gasteiger partial charge < -0.3 is 49.4 Å². The number of likely N-dealkylation sites (tertiary alicyclic amines) is 1. The highest BCUT2D eigenvalue weighted by atomic mass is 16.7. The number of hydrogen-bond acceptors (Lipinski definition) is 12. The van der Waals surface area contributed by atoms with Crippen molar-refractivity contribution in [3.05, 3.63) is 65.2 Å². The third-order valence-electron chi connectivity index (χ3n) is 9.62. The average Bonchev–Trinajstić information content (AvgIpc) is 3.57. The molecule has 2 fully saturated rings. The van der Waals surface area contributed by atoms with Gasteiger partial charge in [0.25, 0.3) is 0 Å². The Bertz CT molecular complexity index is 1210. The number of methoxy groups -OCH3 is 2. The van der Waals surface area contributed by atoms with E-state index in [0.717, 1.165) is 81.5 Å². The van der Waals surface area contributed by atoms with E-state index >= 15 is 0 Å². The van der Waals surface area contributed by atoms with Crippen LogP contribution in [0.2, 0.25) is 0 Å². The largest absolute Gasteiger partial charge is 0.389 e. The zero-order valence-corrected chi connectivity index (χ0v) is 29.3. The molecular weight excluding hydrogens is 628 g/mol. The Morgan fingerprint density at radius 2 is 1.65 bits per heavy atom. The minimum Gasteiger partial charge on any atom is -0.389 e. The van der Waals surface area contributed by atoms with Gasteiger partial charge in [0.2, 0.25) is 0 Å². The van der Waals surface area contributed by atoms with E-state index in [1.165, 1.54) is 5.56 Å². The van der Waals surface area contributed by atoms with E-state index in [9.17, 15) is 10.2 Å². The van der Waals surface area contributed by atoms with Crippen molar-refractivity contribution in [2.45, 2.75) is 74.8 Å². The van der Waals surface area contributed by atoms with Crippen LogP contribution < -0.4 is 16.1 Å². The first kappa shape index (κ1) is 38.0. The zero-order chi connectivity index (χ0) is 34.3. The van der Waals surface area contributed by atoms with Gasteiger partial charge in [-0.1, -0.05) is 42.5 Å². The lowest BCUT2D eigenvalue weighted by Crippen LogP contribution is -2.48. The predicted octanol–water partition coefficient (Wildman–Crippen LogP) is 2.96. The molecule has 0 radical (unpaired) electrons. The number of piperidine rings is 1. The van der Waals surface area contributed by atoms with Crippen molar-refractivity contribution in [2.75, 3.05) is 92.0 Å². The van der Waals surface area contributed by atoms with Crippen LogP contribution in [0, 0.1) is 0 Å². The van der Waals surface area contributed by atoms with Crippen molar-refractivity contribution < 1.29 is 38.7 Å². The number of aliphatic hydroxyl groups excluding tert-OH is 2. The highest BCUT2D eigenvalue weighted by Crippen LogP contribution is 2.43. The molecule has 0 amide bonds. The third kappa shape index (κ3) is 11.7. The number of fused-ring (bicyclic) bond motifs is 1. The number of ether oxygens (including phenoxy) is 5. The lowest BCUT2D eigenvalue weighted by atomic mass is 9.84. The van der Waals surface area contributed by atoms with Gasteiger partial charge in [-0.05, 0) is 49.4 Å². The molecule has 274 valence electrons. The Morgan fingerprint density at radius 1 is 0.898 bits per heavy atom. The monoisotopic (exact) mass is 686 g/mol. The Hall–Kier alpha value is -2.20. The summed E-state index contributed by atoms with van der Waals surface area (Å²) in [6, 6.07) is 16.6. The number of aliphatic hydroxyl groups is 2. The Balaban J connectivity index is 1.18. The fraction of sp³-hybridized carbons (Fsp3) is 0.676. The number of nitrogens with zero attached hydrogens (tertiary/aromatic N) is 1. The summed E-state index contributed by atoms with van der Waals surface area (Å²) in [4.78, 5) is 8.29. The summed E-state index contributed by atoms with van der Waals surface area (Å²) in [6.45, 7) is 6.40. The first-order valence-corrected chi connectivity index (χ1v) is 18.0. The van der Waals surface area contributed by atoms with Crippen molar-refractivity contribution in [2.24, 2.45) is 0 Å². The molecule has 5 N–H and O–H groups in total. The van der Waals surface area contributed by atoms with Gasteiger partial charge in [-0.3, -0.25) is 10.3 Å². The normalized spacial score (nSPS) is 22.5. The lowest BCUT2D eigenvalue weighted by molar-refractivity contribution is -0.188. The van der Waals surface area contributed by atoms with Crippen LogP contribution in [0.1, 0.15) is 60.9 Å². The van der Waals surface area contributed by atoms with E-state index in [0.29, 0.717) is 32.9 Å². The van der Waals surface area contributed by atoms with Crippen molar-refractivity contribution in [3.8, 4) is 0 Å². The van der Waals surface area contributed by atoms with Gasteiger partial charge in [-0.2, -0.15) is 0 Å². The lowest BCUT2D eigenvalue weighted by Gasteiger charge is -2.40. The first-order chi connectivity index (χ1) is 24.0. The molecule has 0 bridgehead atoms. The Morgan fingerprint density at radius 3 is 2.41 bits per heavy atom. The van der Waals surface area contributed by atoms with Crippen LogP contribution in [0.4, 0.5) is 5.69 Å². The smallest absolute Gasteiger partial charge is 0.170 e. The maximum absolute atomic E-state index is 10.6. The molecule has 1 aliphatic carbocycles. The maximum atomic E-state index is 10.6. The van der Waals surface area contributed by atoms with Crippen molar-refractivity contribution in [1.29, 1.82) is 0 Å².